The zero-order valence-electron chi connectivity index (χ0n) is 10.8. The van der Waals surface area contributed by atoms with Gasteiger partial charge in [0.2, 0.25) is 0 Å². The highest BCUT2D eigenvalue weighted by molar-refractivity contribution is 5.14. The van der Waals surface area contributed by atoms with Crippen LogP contribution in [0.1, 0.15) is 39.7 Å². The number of rotatable bonds is 4. The fraction of sp³-hybridized carbons (Fsp3) is 0.571. The summed E-state index contributed by atoms with van der Waals surface area (Å²) in [5, 5.41) is 8.63. The van der Waals surface area contributed by atoms with Crippen LogP contribution >= 0.6 is 0 Å². The average molecular weight is 218 g/mol. The van der Waals surface area contributed by atoms with Crippen molar-refractivity contribution in [1.82, 2.24) is 0 Å². The molecule has 1 rings (SSSR count). The Hall–Kier alpha value is -1.18. The first-order valence-corrected chi connectivity index (χ1v) is 5.93. The van der Waals surface area contributed by atoms with Gasteiger partial charge in [0.05, 0.1) is 11.6 Å². The minimum atomic E-state index is -0.0546. The highest BCUT2D eigenvalue weighted by atomic mass is 15.2. The lowest BCUT2D eigenvalue weighted by atomic mass is 10.1. The van der Waals surface area contributed by atoms with Crippen molar-refractivity contribution in [2.45, 2.75) is 52.1 Å². The third kappa shape index (κ3) is 5.64. The van der Waals surface area contributed by atoms with Gasteiger partial charge < -0.3 is 0 Å². The highest BCUT2D eigenvalue weighted by Gasteiger charge is 2.08. The lowest BCUT2D eigenvalue weighted by Gasteiger charge is -2.11. The van der Waals surface area contributed by atoms with E-state index < -0.39 is 0 Å². The first-order valence-electron chi connectivity index (χ1n) is 5.93. The predicted octanol–water partition coefficient (Wildman–Crippen LogP) is 4.26. The standard InChI is InChI=1S/C14H22N2/c1-12(15-16-14(2,3)4)10-11-13-8-6-5-7-9-13/h5-9,12H,10-11H2,1-4H3. The van der Waals surface area contributed by atoms with Gasteiger partial charge in [-0.25, -0.2) is 0 Å². The molecule has 0 bridgehead atoms. The third-order valence-corrected chi connectivity index (χ3v) is 2.25. The zero-order chi connectivity index (χ0) is 12.0. The molecule has 88 valence electrons. The van der Waals surface area contributed by atoms with Gasteiger partial charge in [-0.2, -0.15) is 10.2 Å². The fourth-order valence-corrected chi connectivity index (χ4v) is 1.35. The van der Waals surface area contributed by atoms with E-state index in [1.165, 1.54) is 5.56 Å². The lowest BCUT2D eigenvalue weighted by Crippen LogP contribution is -2.10. The molecule has 0 N–H and O–H groups in total. The maximum Gasteiger partial charge on any atom is 0.0732 e. The van der Waals surface area contributed by atoms with Gasteiger partial charge in [-0.3, -0.25) is 0 Å². The van der Waals surface area contributed by atoms with Crippen molar-refractivity contribution < 1.29 is 0 Å². The first kappa shape index (κ1) is 12.9. The summed E-state index contributed by atoms with van der Waals surface area (Å²) in [6.07, 6.45) is 2.13. The predicted molar refractivity (Wildman–Crippen MR) is 68.8 cm³/mol. The molecule has 0 amide bonds. The number of hydrogen-bond donors (Lipinski definition) is 0. The molecule has 0 saturated carbocycles. The summed E-state index contributed by atoms with van der Waals surface area (Å²) in [4.78, 5) is 0. The maximum atomic E-state index is 4.34. The minimum absolute atomic E-state index is 0.0546. The van der Waals surface area contributed by atoms with Crippen LogP contribution in [0, 0.1) is 0 Å². The molecule has 0 spiro atoms. The van der Waals surface area contributed by atoms with Gasteiger partial charge in [0.15, 0.2) is 0 Å². The summed E-state index contributed by atoms with van der Waals surface area (Å²) < 4.78 is 0. The van der Waals surface area contributed by atoms with Gasteiger partial charge in [0, 0.05) is 0 Å². The smallest absolute Gasteiger partial charge is 0.0732 e. The topological polar surface area (TPSA) is 24.7 Å². The van der Waals surface area contributed by atoms with Crippen LogP contribution in [0.2, 0.25) is 0 Å². The van der Waals surface area contributed by atoms with Crippen LogP contribution in [0.25, 0.3) is 0 Å². The van der Waals surface area contributed by atoms with Crippen LogP contribution in [-0.2, 0) is 6.42 Å². The van der Waals surface area contributed by atoms with Crippen molar-refractivity contribution in [2.24, 2.45) is 10.2 Å². The maximum absolute atomic E-state index is 4.34. The van der Waals surface area contributed by atoms with Crippen LogP contribution in [0.3, 0.4) is 0 Å². The average Bonchev–Trinajstić information content (AvgIpc) is 2.24. The molecule has 1 atom stereocenters. The molecular weight excluding hydrogens is 196 g/mol. The van der Waals surface area contributed by atoms with Crippen LogP contribution < -0.4 is 0 Å². The van der Waals surface area contributed by atoms with Gasteiger partial charge in [-0.05, 0) is 46.1 Å². The van der Waals surface area contributed by atoms with E-state index in [2.05, 4.69) is 62.2 Å². The Bertz CT molecular complexity index is 322. The summed E-state index contributed by atoms with van der Waals surface area (Å²) >= 11 is 0. The van der Waals surface area contributed by atoms with Crippen LogP contribution in [0.4, 0.5) is 0 Å². The van der Waals surface area contributed by atoms with E-state index in [9.17, 15) is 0 Å². The van der Waals surface area contributed by atoms with Gasteiger partial charge in [-0.15, -0.1) is 0 Å². The monoisotopic (exact) mass is 218 g/mol. The Morgan fingerprint density at radius 2 is 1.75 bits per heavy atom. The molecule has 16 heavy (non-hydrogen) atoms. The largest absolute Gasteiger partial charge is 0.191 e. The Morgan fingerprint density at radius 3 is 2.31 bits per heavy atom. The second-order valence-corrected chi connectivity index (χ2v) is 5.26. The summed E-state index contributed by atoms with van der Waals surface area (Å²) in [5.41, 5.74) is 1.32. The number of nitrogens with zero attached hydrogens (tertiary/aromatic N) is 2. The van der Waals surface area contributed by atoms with E-state index in [1.807, 2.05) is 6.07 Å². The van der Waals surface area contributed by atoms with E-state index in [-0.39, 0.29) is 5.54 Å². The van der Waals surface area contributed by atoms with Crippen molar-refractivity contribution in [3.63, 3.8) is 0 Å². The molecule has 2 heteroatoms. The van der Waals surface area contributed by atoms with Crippen molar-refractivity contribution in [1.29, 1.82) is 0 Å². The normalized spacial score (nSPS) is 14.2. The fourth-order valence-electron chi connectivity index (χ4n) is 1.35. The molecule has 1 aromatic carbocycles. The quantitative estimate of drug-likeness (QED) is 0.675. The summed E-state index contributed by atoms with van der Waals surface area (Å²) in [5.74, 6) is 0. The van der Waals surface area contributed by atoms with Crippen molar-refractivity contribution >= 4 is 0 Å². The van der Waals surface area contributed by atoms with Crippen molar-refractivity contribution in [3.8, 4) is 0 Å². The number of azo groups is 1. The van der Waals surface area contributed by atoms with Crippen molar-refractivity contribution in [3.05, 3.63) is 35.9 Å². The van der Waals surface area contributed by atoms with Crippen LogP contribution in [-0.4, -0.2) is 11.6 Å². The molecule has 0 heterocycles. The molecule has 0 saturated heterocycles. The van der Waals surface area contributed by atoms with E-state index in [4.69, 9.17) is 0 Å². The SMILES string of the molecule is CC(CCc1ccccc1)N=NC(C)(C)C. The third-order valence-electron chi connectivity index (χ3n) is 2.25. The highest BCUT2D eigenvalue weighted by Crippen LogP contribution is 2.11. The summed E-state index contributed by atoms with van der Waals surface area (Å²) in [7, 11) is 0. The molecule has 0 aliphatic carbocycles. The Labute approximate surface area is 98.8 Å². The van der Waals surface area contributed by atoms with E-state index >= 15 is 0 Å². The summed E-state index contributed by atoms with van der Waals surface area (Å²) in [6.45, 7) is 8.33. The van der Waals surface area contributed by atoms with Crippen molar-refractivity contribution in [2.75, 3.05) is 0 Å². The molecular formula is C14H22N2. The van der Waals surface area contributed by atoms with Crippen LogP contribution in [0.5, 0.6) is 0 Å². The zero-order valence-corrected chi connectivity index (χ0v) is 10.8. The molecule has 0 aromatic heterocycles. The molecule has 0 radical (unpaired) electrons. The number of benzene rings is 1. The summed E-state index contributed by atoms with van der Waals surface area (Å²) in [6, 6.07) is 10.8. The second-order valence-electron chi connectivity index (χ2n) is 5.26. The minimum Gasteiger partial charge on any atom is -0.191 e. The molecule has 1 aromatic rings. The Kier molecular flexibility index (Phi) is 4.66. The van der Waals surface area contributed by atoms with E-state index in [0.29, 0.717) is 6.04 Å². The van der Waals surface area contributed by atoms with Gasteiger partial charge in [0.25, 0.3) is 0 Å². The Balaban J connectivity index is 2.36. The van der Waals surface area contributed by atoms with Gasteiger partial charge in [-0.1, -0.05) is 30.3 Å². The number of hydrogen-bond acceptors (Lipinski definition) is 2. The van der Waals surface area contributed by atoms with Gasteiger partial charge >= 0.3 is 0 Å². The second kappa shape index (κ2) is 5.78. The number of aryl methyl sites for hydroxylation is 1. The van der Waals surface area contributed by atoms with E-state index in [1.54, 1.807) is 0 Å². The van der Waals surface area contributed by atoms with Gasteiger partial charge in [0.1, 0.15) is 0 Å². The Morgan fingerprint density at radius 1 is 1.12 bits per heavy atom. The first-order chi connectivity index (χ1) is 7.47. The molecule has 1 unspecified atom stereocenters. The molecule has 2 nitrogen and oxygen atoms in total. The molecule has 0 aliphatic heterocycles. The molecule has 0 aliphatic rings. The van der Waals surface area contributed by atoms with Crippen LogP contribution in [0.15, 0.2) is 40.6 Å². The lowest BCUT2D eigenvalue weighted by molar-refractivity contribution is 0.506. The molecule has 0 fully saturated rings. The van der Waals surface area contributed by atoms with E-state index in [0.717, 1.165) is 12.8 Å².